The molecule has 0 spiro atoms. The van der Waals surface area contributed by atoms with Crippen LogP contribution in [0.4, 0.5) is 10.5 Å². The number of hydrogen-bond acceptors (Lipinski definition) is 3. The van der Waals surface area contributed by atoms with Gasteiger partial charge in [0.2, 0.25) is 0 Å². The summed E-state index contributed by atoms with van der Waals surface area (Å²) in [6.45, 7) is 3.38. The van der Waals surface area contributed by atoms with Crippen LogP contribution in [0.3, 0.4) is 0 Å². The van der Waals surface area contributed by atoms with Gasteiger partial charge in [0.15, 0.2) is 0 Å². The minimum atomic E-state index is -1.03. The smallest absolute Gasteiger partial charge is 0.286 e. The first-order valence-electron chi connectivity index (χ1n) is 7.68. The Balaban J connectivity index is 1.93. The molecule has 0 aliphatic carbocycles. The van der Waals surface area contributed by atoms with Crippen LogP contribution in [0.15, 0.2) is 54.6 Å². The summed E-state index contributed by atoms with van der Waals surface area (Å²) in [5, 5.41) is 9.92. The Kier molecular flexibility index (Phi) is 4.22. The van der Waals surface area contributed by atoms with E-state index in [4.69, 9.17) is 17.0 Å². The molecule has 7 heteroatoms. The molecule has 2 aromatic carbocycles. The summed E-state index contributed by atoms with van der Waals surface area (Å²) in [6.07, 6.45) is 0. The fraction of sp³-hybridized carbons (Fsp3) is 0.167. The van der Waals surface area contributed by atoms with Crippen molar-refractivity contribution in [2.45, 2.75) is 19.4 Å². The lowest BCUT2D eigenvalue weighted by Gasteiger charge is -2.28. The van der Waals surface area contributed by atoms with Crippen molar-refractivity contribution in [1.29, 1.82) is 5.41 Å². The molecule has 0 aromatic heterocycles. The van der Waals surface area contributed by atoms with Gasteiger partial charge in [-0.1, -0.05) is 41.9 Å². The zero-order chi connectivity index (χ0) is 18.2. The Bertz CT molecular complexity index is 851. The van der Waals surface area contributed by atoms with Gasteiger partial charge in [0.25, 0.3) is 5.91 Å². The molecule has 0 unspecified atom stereocenters. The topological polar surface area (TPSA) is 76.5 Å². The van der Waals surface area contributed by atoms with Crippen molar-refractivity contribution < 1.29 is 9.59 Å². The van der Waals surface area contributed by atoms with Gasteiger partial charge in [-0.2, -0.15) is 0 Å². The van der Waals surface area contributed by atoms with Crippen LogP contribution in [0.5, 0.6) is 0 Å². The van der Waals surface area contributed by atoms with Crippen molar-refractivity contribution in [1.82, 2.24) is 10.4 Å². The van der Waals surface area contributed by atoms with Gasteiger partial charge in [0, 0.05) is 5.56 Å². The van der Waals surface area contributed by atoms with E-state index in [0.29, 0.717) is 16.3 Å². The maximum absolute atomic E-state index is 12.9. The zero-order valence-corrected chi connectivity index (χ0v) is 14.5. The maximum atomic E-state index is 12.9. The fourth-order valence-corrected chi connectivity index (χ4v) is 2.83. The van der Waals surface area contributed by atoms with Crippen molar-refractivity contribution in [2.75, 3.05) is 4.90 Å². The molecule has 0 atom stereocenters. The van der Waals surface area contributed by atoms with E-state index in [2.05, 4.69) is 5.43 Å². The first-order valence-corrected chi connectivity index (χ1v) is 8.05. The zero-order valence-electron chi connectivity index (χ0n) is 13.8. The third-order valence-corrected chi connectivity index (χ3v) is 4.41. The summed E-state index contributed by atoms with van der Waals surface area (Å²) < 4.78 is 0. The molecule has 1 fully saturated rings. The van der Waals surface area contributed by atoms with Gasteiger partial charge >= 0.3 is 6.03 Å². The molecule has 6 nitrogen and oxygen atoms in total. The van der Waals surface area contributed by atoms with Crippen molar-refractivity contribution in [3.8, 4) is 0 Å². The van der Waals surface area contributed by atoms with Crippen LogP contribution in [0.25, 0.3) is 0 Å². The number of hydrazine groups is 1. The third kappa shape index (κ3) is 2.85. The largest absolute Gasteiger partial charge is 0.349 e. The number of carbonyl (C=O) groups is 2. The predicted octanol–water partition coefficient (Wildman–Crippen LogP) is 3.68. The van der Waals surface area contributed by atoms with Crippen LogP contribution in [0.2, 0.25) is 5.02 Å². The summed E-state index contributed by atoms with van der Waals surface area (Å²) in [5.41, 5.74) is 2.41. The molecule has 0 bridgehead atoms. The molecule has 0 radical (unpaired) electrons. The lowest BCUT2D eigenvalue weighted by atomic mass is 10.0. The molecule has 0 saturated carbocycles. The van der Waals surface area contributed by atoms with Crippen molar-refractivity contribution >= 4 is 35.1 Å². The molecule has 3 amide bonds. The van der Waals surface area contributed by atoms with Gasteiger partial charge in [0.1, 0.15) is 11.4 Å². The van der Waals surface area contributed by atoms with E-state index < -0.39 is 17.5 Å². The van der Waals surface area contributed by atoms with Crippen LogP contribution in [-0.2, 0) is 0 Å². The summed E-state index contributed by atoms with van der Waals surface area (Å²) in [4.78, 5) is 26.5. The minimum Gasteiger partial charge on any atom is -0.286 e. The second kappa shape index (κ2) is 6.22. The van der Waals surface area contributed by atoms with E-state index in [0.717, 1.165) is 5.01 Å². The molecule has 1 heterocycles. The van der Waals surface area contributed by atoms with E-state index >= 15 is 0 Å². The van der Waals surface area contributed by atoms with Gasteiger partial charge in [-0.15, -0.1) is 0 Å². The average Bonchev–Trinajstić information content (AvgIpc) is 2.76. The van der Waals surface area contributed by atoms with Crippen LogP contribution in [0, 0.1) is 5.41 Å². The van der Waals surface area contributed by atoms with Gasteiger partial charge < -0.3 is 0 Å². The third-order valence-electron chi connectivity index (χ3n) is 4.09. The van der Waals surface area contributed by atoms with Gasteiger partial charge in [-0.3, -0.25) is 15.6 Å². The highest BCUT2D eigenvalue weighted by Crippen LogP contribution is 2.34. The quantitative estimate of drug-likeness (QED) is 0.880. The molecule has 2 N–H and O–H groups in total. The highest BCUT2D eigenvalue weighted by atomic mass is 35.5. The highest BCUT2D eigenvalue weighted by molar-refractivity contribution is 6.36. The molecular weight excluding hydrogens is 340 g/mol. The van der Waals surface area contributed by atoms with Crippen LogP contribution in [-0.4, -0.2) is 28.3 Å². The fourth-order valence-electron chi connectivity index (χ4n) is 2.61. The van der Waals surface area contributed by atoms with E-state index in [1.54, 1.807) is 68.4 Å². The number of rotatable bonds is 3. The van der Waals surface area contributed by atoms with Crippen molar-refractivity contribution in [3.05, 3.63) is 65.2 Å². The molecular formula is C18H17ClN4O2. The minimum absolute atomic E-state index is 0.0268. The lowest BCUT2D eigenvalue weighted by Crippen LogP contribution is -2.54. The first-order chi connectivity index (χ1) is 11.8. The number of benzene rings is 2. The number of hydrogen-bond donors (Lipinski definition) is 2. The van der Waals surface area contributed by atoms with Crippen molar-refractivity contribution in [2.24, 2.45) is 0 Å². The molecule has 1 aliphatic heterocycles. The molecule has 1 saturated heterocycles. The number of nitrogens with one attached hydrogen (secondary N) is 2. The Morgan fingerprint density at radius 1 is 1.08 bits per heavy atom. The lowest BCUT2D eigenvalue weighted by molar-refractivity contribution is 0.0773. The number of nitrogens with zero attached hydrogens (tertiary/aromatic N) is 2. The Morgan fingerprint density at radius 3 is 2.32 bits per heavy atom. The monoisotopic (exact) mass is 356 g/mol. The van der Waals surface area contributed by atoms with E-state index in [1.165, 1.54) is 4.90 Å². The van der Waals surface area contributed by atoms with E-state index in [1.807, 2.05) is 0 Å². The Hall–Kier alpha value is -2.86. The number of amides is 3. The van der Waals surface area contributed by atoms with E-state index in [9.17, 15) is 9.59 Å². The van der Waals surface area contributed by atoms with Gasteiger partial charge in [0.05, 0.1) is 10.7 Å². The van der Waals surface area contributed by atoms with Crippen molar-refractivity contribution in [3.63, 3.8) is 0 Å². The standard InChI is InChI=1S/C18H17ClN4O2/c1-18(2)16(20)22(14-11-7-6-10-13(14)19)17(25)23(18)21-15(24)12-8-4-3-5-9-12/h3-11,20H,1-2H3,(H,21,24). The SMILES string of the molecule is CC1(C)C(=N)N(c2ccccc2Cl)C(=O)N1NC(=O)c1ccccc1. The summed E-state index contributed by atoms with van der Waals surface area (Å²) in [5.74, 6) is -0.394. The first kappa shape index (κ1) is 17.0. The number of anilines is 1. The Morgan fingerprint density at radius 2 is 1.68 bits per heavy atom. The summed E-state index contributed by atoms with van der Waals surface area (Å²) in [7, 11) is 0. The number of para-hydroxylation sites is 1. The number of urea groups is 1. The highest BCUT2D eigenvalue weighted by Gasteiger charge is 2.50. The summed E-state index contributed by atoms with van der Waals surface area (Å²) in [6, 6.07) is 14.8. The predicted molar refractivity (Wildman–Crippen MR) is 96.9 cm³/mol. The second-order valence-corrected chi connectivity index (χ2v) is 6.53. The number of amidine groups is 1. The molecule has 128 valence electrons. The summed E-state index contributed by atoms with van der Waals surface area (Å²) >= 11 is 6.18. The molecule has 1 aliphatic rings. The normalized spacial score (nSPS) is 16.3. The van der Waals surface area contributed by atoms with Crippen LogP contribution in [0.1, 0.15) is 24.2 Å². The second-order valence-electron chi connectivity index (χ2n) is 6.12. The van der Waals surface area contributed by atoms with Crippen LogP contribution < -0.4 is 10.3 Å². The molecule has 3 rings (SSSR count). The molecule has 25 heavy (non-hydrogen) atoms. The average molecular weight is 357 g/mol. The number of halogens is 1. The Labute approximate surface area is 150 Å². The maximum Gasteiger partial charge on any atom is 0.349 e. The molecule has 2 aromatic rings. The van der Waals surface area contributed by atoms with E-state index in [-0.39, 0.29) is 5.84 Å². The van der Waals surface area contributed by atoms with Crippen LogP contribution >= 0.6 is 11.6 Å². The number of carbonyl (C=O) groups excluding carboxylic acids is 2. The van der Waals surface area contributed by atoms with Gasteiger partial charge in [-0.25, -0.2) is 14.7 Å². The van der Waals surface area contributed by atoms with Gasteiger partial charge in [-0.05, 0) is 38.1 Å².